The van der Waals surface area contributed by atoms with Crippen LogP contribution < -0.4 is 0 Å². The second-order valence-electron chi connectivity index (χ2n) is 7.82. The van der Waals surface area contributed by atoms with Crippen molar-refractivity contribution < 1.29 is 0 Å². The molecule has 0 amide bonds. The van der Waals surface area contributed by atoms with Crippen LogP contribution in [0.1, 0.15) is 50.2 Å². The van der Waals surface area contributed by atoms with Gasteiger partial charge in [0, 0.05) is 10.4 Å². The van der Waals surface area contributed by atoms with Crippen LogP contribution in [0.4, 0.5) is 0 Å². The summed E-state index contributed by atoms with van der Waals surface area (Å²) in [5, 5.41) is 0.865. The third kappa shape index (κ3) is 1.68. The van der Waals surface area contributed by atoms with Crippen molar-refractivity contribution >= 4 is 11.6 Å². The Morgan fingerprint density at radius 3 is 2.70 bits per heavy atom. The van der Waals surface area contributed by atoms with Gasteiger partial charge in [-0.15, -0.1) is 0 Å². The highest BCUT2D eigenvalue weighted by molar-refractivity contribution is 6.31. The number of fused-ring (bicyclic) bond motifs is 8. The molecule has 2 aromatic rings. The summed E-state index contributed by atoms with van der Waals surface area (Å²) >= 11 is 6.37. The Morgan fingerprint density at radius 1 is 1.00 bits per heavy atom. The van der Waals surface area contributed by atoms with E-state index in [1.165, 1.54) is 43.2 Å². The second-order valence-corrected chi connectivity index (χ2v) is 8.26. The van der Waals surface area contributed by atoms with Crippen molar-refractivity contribution in [3.8, 4) is 11.1 Å². The molecule has 0 nitrogen and oxygen atoms in total. The lowest BCUT2D eigenvalue weighted by atomic mass is 9.55. The second kappa shape index (κ2) is 4.86. The minimum absolute atomic E-state index is 0.248. The highest BCUT2D eigenvalue weighted by atomic mass is 35.5. The molecule has 0 heterocycles. The summed E-state index contributed by atoms with van der Waals surface area (Å²) < 4.78 is 0. The van der Waals surface area contributed by atoms with Crippen molar-refractivity contribution in [3.63, 3.8) is 0 Å². The highest BCUT2D eigenvalue weighted by Gasteiger charge is 2.57. The van der Waals surface area contributed by atoms with Gasteiger partial charge in [0.05, 0.1) is 0 Å². The first-order chi connectivity index (χ1) is 11.2. The molecule has 0 aliphatic heterocycles. The largest absolute Gasteiger partial charge is 0.0843 e. The first-order valence-electron chi connectivity index (χ1n) is 9.15. The zero-order chi connectivity index (χ0) is 15.6. The van der Waals surface area contributed by atoms with E-state index in [1.807, 2.05) is 0 Å². The minimum Gasteiger partial charge on any atom is -0.0843 e. The van der Waals surface area contributed by atoms with Gasteiger partial charge >= 0.3 is 0 Å². The fourth-order valence-corrected chi connectivity index (χ4v) is 6.49. The Morgan fingerprint density at radius 2 is 1.83 bits per heavy atom. The van der Waals surface area contributed by atoms with E-state index in [0.717, 1.165) is 22.8 Å². The molecule has 1 heteroatoms. The van der Waals surface area contributed by atoms with Crippen molar-refractivity contribution in [2.45, 2.75) is 44.4 Å². The van der Waals surface area contributed by atoms with Gasteiger partial charge in [-0.2, -0.15) is 0 Å². The van der Waals surface area contributed by atoms with Gasteiger partial charge in [0.15, 0.2) is 0 Å². The molecule has 2 fully saturated rings. The lowest BCUT2D eigenvalue weighted by molar-refractivity contribution is 0.144. The van der Waals surface area contributed by atoms with Gasteiger partial charge < -0.3 is 0 Å². The first-order valence-corrected chi connectivity index (χ1v) is 9.52. The van der Waals surface area contributed by atoms with Gasteiger partial charge in [-0.1, -0.05) is 61.7 Å². The normalized spacial score (nSPS) is 33.7. The molecule has 118 valence electrons. The molecule has 23 heavy (non-hydrogen) atoms. The maximum atomic E-state index is 6.37. The molecule has 3 aliphatic rings. The number of rotatable bonds is 1. The average molecular weight is 323 g/mol. The third-order valence-electron chi connectivity index (χ3n) is 7.03. The van der Waals surface area contributed by atoms with Crippen molar-refractivity contribution in [2.24, 2.45) is 17.8 Å². The number of hydrogen-bond donors (Lipinski definition) is 0. The minimum atomic E-state index is 0.248. The van der Waals surface area contributed by atoms with E-state index >= 15 is 0 Å². The number of hydrogen-bond acceptors (Lipinski definition) is 0. The molecule has 1 spiro atoms. The Bertz CT molecular complexity index is 777. The molecule has 2 aromatic carbocycles. The molecule has 1 unspecified atom stereocenters. The van der Waals surface area contributed by atoms with Crippen molar-refractivity contribution in [1.82, 2.24) is 0 Å². The van der Waals surface area contributed by atoms with Crippen LogP contribution in [-0.2, 0) is 5.41 Å². The van der Waals surface area contributed by atoms with Gasteiger partial charge in [-0.25, -0.2) is 0 Å². The summed E-state index contributed by atoms with van der Waals surface area (Å²) in [6.07, 6.45) is 6.95. The first kappa shape index (κ1) is 14.1. The third-order valence-corrected chi connectivity index (χ3v) is 7.27. The quantitative estimate of drug-likeness (QED) is 0.565. The van der Waals surface area contributed by atoms with Crippen LogP contribution in [0.3, 0.4) is 0 Å². The van der Waals surface area contributed by atoms with E-state index in [4.69, 9.17) is 11.6 Å². The van der Waals surface area contributed by atoms with Crippen molar-refractivity contribution in [3.05, 3.63) is 58.6 Å². The summed E-state index contributed by atoms with van der Waals surface area (Å²) in [6, 6.07) is 15.8. The lowest BCUT2D eigenvalue weighted by Crippen LogP contribution is -2.44. The van der Waals surface area contributed by atoms with Gasteiger partial charge in [0.1, 0.15) is 0 Å². The van der Waals surface area contributed by atoms with E-state index in [9.17, 15) is 0 Å². The van der Waals surface area contributed by atoms with E-state index < -0.39 is 0 Å². The zero-order valence-electron chi connectivity index (χ0n) is 13.7. The molecule has 0 aromatic heterocycles. The standard InChI is InChI=1S/C22H23Cl/c1-2-15-11-14-7-8-16(12-14)22(15)20-6-4-3-5-18(20)19-13-17(23)9-10-21(19)22/h3-6,9-10,13-16H,2,7-8,11-12H2,1H3/t14-,15+,16-,22?/m0/s1. The fraction of sp³-hybridized carbons (Fsp3) is 0.455. The van der Waals surface area contributed by atoms with E-state index in [2.05, 4.69) is 49.4 Å². The zero-order valence-corrected chi connectivity index (χ0v) is 14.4. The van der Waals surface area contributed by atoms with E-state index in [0.29, 0.717) is 0 Å². The van der Waals surface area contributed by atoms with Gasteiger partial charge in [0.25, 0.3) is 0 Å². The maximum Gasteiger partial charge on any atom is 0.0412 e. The van der Waals surface area contributed by atoms with Gasteiger partial charge in [-0.05, 0) is 71.4 Å². The van der Waals surface area contributed by atoms with Crippen LogP contribution >= 0.6 is 11.6 Å². The van der Waals surface area contributed by atoms with Crippen molar-refractivity contribution in [2.75, 3.05) is 0 Å². The predicted octanol–water partition coefficient (Wildman–Crippen LogP) is 6.45. The molecule has 3 aliphatic carbocycles. The molecule has 0 saturated heterocycles. The highest BCUT2D eigenvalue weighted by Crippen LogP contribution is 2.65. The molecule has 5 rings (SSSR count). The monoisotopic (exact) mass is 322 g/mol. The van der Waals surface area contributed by atoms with Crippen molar-refractivity contribution in [1.29, 1.82) is 0 Å². The number of benzene rings is 2. The summed E-state index contributed by atoms with van der Waals surface area (Å²) in [4.78, 5) is 0. The van der Waals surface area contributed by atoms with Gasteiger partial charge in [-0.3, -0.25) is 0 Å². The Balaban J connectivity index is 1.85. The molecular weight excluding hydrogens is 300 g/mol. The van der Waals surface area contributed by atoms with E-state index in [-0.39, 0.29) is 5.41 Å². The molecule has 4 atom stereocenters. The molecule has 0 N–H and O–H groups in total. The summed E-state index contributed by atoms with van der Waals surface area (Å²) in [6.45, 7) is 2.40. The van der Waals surface area contributed by atoms with Gasteiger partial charge in [0.2, 0.25) is 0 Å². The Hall–Kier alpha value is -1.27. The Kier molecular flexibility index (Phi) is 2.98. The molecule has 2 saturated carbocycles. The summed E-state index contributed by atoms with van der Waals surface area (Å²) in [5.74, 6) is 2.56. The Labute approximate surface area is 143 Å². The molecular formula is C22H23Cl. The predicted molar refractivity (Wildman–Crippen MR) is 96.9 cm³/mol. The average Bonchev–Trinajstić information content (AvgIpc) is 3.10. The number of halogens is 1. The topological polar surface area (TPSA) is 0 Å². The summed E-state index contributed by atoms with van der Waals surface area (Å²) in [7, 11) is 0. The fourth-order valence-electron chi connectivity index (χ4n) is 6.32. The summed E-state index contributed by atoms with van der Waals surface area (Å²) in [5.41, 5.74) is 6.25. The smallest absolute Gasteiger partial charge is 0.0412 e. The van der Waals surface area contributed by atoms with Crippen LogP contribution in [0, 0.1) is 17.8 Å². The molecule has 2 bridgehead atoms. The van der Waals surface area contributed by atoms with Crippen LogP contribution in [0.2, 0.25) is 5.02 Å². The SMILES string of the molecule is CC[C@@H]1C[C@@H]2CC[C@@H](C2)C12c1ccccc1-c1cc(Cl)ccc12. The molecule has 0 radical (unpaired) electrons. The van der Waals surface area contributed by atoms with Crippen LogP contribution in [0.5, 0.6) is 0 Å². The lowest BCUT2D eigenvalue weighted by Gasteiger charge is -2.48. The van der Waals surface area contributed by atoms with E-state index in [1.54, 1.807) is 11.1 Å². The van der Waals surface area contributed by atoms with Crippen LogP contribution in [-0.4, -0.2) is 0 Å². The van der Waals surface area contributed by atoms with Crippen LogP contribution in [0.15, 0.2) is 42.5 Å². The van der Waals surface area contributed by atoms with Crippen LogP contribution in [0.25, 0.3) is 11.1 Å². The maximum absolute atomic E-state index is 6.37.